The number of nitrogens with zero attached hydrogens (tertiary/aromatic N) is 1. The van der Waals surface area contributed by atoms with Crippen LogP contribution in [0.3, 0.4) is 0 Å². The highest BCUT2D eigenvalue weighted by Crippen LogP contribution is 2.41. The number of carbonyl (C=O) groups excluding carboxylic acids is 1. The fourth-order valence-corrected chi connectivity index (χ4v) is 6.61. The first-order chi connectivity index (χ1) is 18.5. The summed E-state index contributed by atoms with van der Waals surface area (Å²) in [4.78, 5) is 20.9. The van der Waals surface area contributed by atoms with Gasteiger partial charge in [0.1, 0.15) is 5.75 Å². The van der Waals surface area contributed by atoms with Crippen molar-refractivity contribution in [3.63, 3.8) is 0 Å². The molecular weight excluding hydrogens is 490 g/mol. The van der Waals surface area contributed by atoms with E-state index in [1.54, 1.807) is 18.4 Å². The van der Waals surface area contributed by atoms with E-state index < -0.39 is 0 Å². The SMILES string of the molecule is COc1ccc2c(c1)CCc1cc(C(=O)NC[C@H](c3ccc(N(C)C)cc3)c3c[nH]c4ccccc34)sc1-2. The van der Waals surface area contributed by atoms with Crippen LogP contribution in [0.2, 0.25) is 0 Å². The lowest BCUT2D eigenvalue weighted by Gasteiger charge is -2.20. The highest BCUT2D eigenvalue weighted by molar-refractivity contribution is 7.17. The summed E-state index contributed by atoms with van der Waals surface area (Å²) >= 11 is 1.59. The van der Waals surface area contributed by atoms with E-state index in [9.17, 15) is 4.79 Å². The van der Waals surface area contributed by atoms with Gasteiger partial charge in [0.05, 0.1) is 12.0 Å². The van der Waals surface area contributed by atoms with Gasteiger partial charge in [-0.05, 0) is 83.1 Å². The highest BCUT2D eigenvalue weighted by atomic mass is 32.1. The minimum Gasteiger partial charge on any atom is -0.497 e. The van der Waals surface area contributed by atoms with Crippen molar-refractivity contribution >= 4 is 33.8 Å². The maximum atomic E-state index is 13.5. The summed E-state index contributed by atoms with van der Waals surface area (Å²) in [7, 11) is 5.79. The van der Waals surface area contributed by atoms with Crippen LogP contribution >= 0.6 is 11.3 Å². The molecule has 6 heteroatoms. The van der Waals surface area contributed by atoms with Crippen molar-refractivity contribution in [1.82, 2.24) is 10.3 Å². The van der Waals surface area contributed by atoms with Gasteiger partial charge in [-0.2, -0.15) is 0 Å². The monoisotopic (exact) mass is 521 g/mol. The first kappa shape index (κ1) is 24.3. The number of hydrogen-bond donors (Lipinski definition) is 2. The van der Waals surface area contributed by atoms with Crippen LogP contribution in [0.25, 0.3) is 21.3 Å². The average Bonchev–Trinajstić information content (AvgIpc) is 3.58. The Morgan fingerprint density at radius 1 is 1.03 bits per heavy atom. The van der Waals surface area contributed by atoms with E-state index in [4.69, 9.17) is 4.74 Å². The molecule has 1 amide bonds. The molecule has 38 heavy (non-hydrogen) atoms. The first-order valence-electron chi connectivity index (χ1n) is 12.9. The van der Waals surface area contributed by atoms with Gasteiger partial charge in [0, 0.05) is 54.2 Å². The average molecular weight is 522 g/mol. The van der Waals surface area contributed by atoms with Crippen molar-refractivity contribution in [2.75, 3.05) is 32.6 Å². The molecule has 5 aromatic rings. The number of anilines is 1. The zero-order valence-corrected chi connectivity index (χ0v) is 22.7. The van der Waals surface area contributed by atoms with Crippen LogP contribution in [0.4, 0.5) is 5.69 Å². The fraction of sp³-hybridized carbons (Fsp3) is 0.219. The van der Waals surface area contributed by atoms with Crippen molar-refractivity contribution in [1.29, 1.82) is 0 Å². The molecule has 3 aromatic carbocycles. The Morgan fingerprint density at radius 2 is 1.82 bits per heavy atom. The van der Waals surface area contributed by atoms with E-state index in [2.05, 4.69) is 82.1 Å². The zero-order chi connectivity index (χ0) is 26.2. The van der Waals surface area contributed by atoms with E-state index in [0.29, 0.717) is 6.54 Å². The largest absolute Gasteiger partial charge is 0.497 e. The molecule has 0 radical (unpaired) electrons. The van der Waals surface area contributed by atoms with Crippen molar-refractivity contribution in [3.05, 3.63) is 106 Å². The Kier molecular flexibility index (Phi) is 6.42. The smallest absolute Gasteiger partial charge is 0.261 e. The highest BCUT2D eigenvalue weighted by Gasteiger charge is 2.24. The van der Waals surface area contributed by atoms with Crippen LogP contribution in [-0.2, 0) is 12.8 Å². The molecule has 0 bridgehead atoms. The van der Waals surface area contributed by atoms with Crippen LogP contribution < -0.4 is 15.0 Å². The molecule has 0 spiro atoms. The Balaban J connectivity index is 1.28. The lowest BCUT2D eigenvalue weighted by atomic mass is 9.90. The molecule has 6 rings (SSSR count). The molecule has 1 aliphatic carbocycles. The number of benzene rings is 3. The summed E-state index contributed by atoms with van der Waals surface area (Å²) in [6, 6.07) is 25.3. The van der Waals surface area contributed by atoms with Crippen LogP contribution in [0.1, 0.15) is 37.8 Å². The lowest BCUT2D eigenvalue weighted by molar-refractivity contribution is 0.0956. The maximum Gasteiger partial charge on any atom is 0.261 e. The second kappa shape index (κ2) is 10.0. The van der Waals surface area contributed by atoms with E-state index >= 15 is 0 Å². The third-order valence-electron chi connectivity index (χ3n) is 7.53. The maximum absolute atomic E-state index is 13.5. The van der Waals surface area contributed by atoms with Gasteiger partial charge >= 0.3 is 0 Å². The minimum absolute atomic E-state index is 0.0192. The number of hydrogen-bond acceptors (Lipinski definition) is 4. The van der Waals surface area contributed by atoms with Crippen molar-refractivity contribution < 1.29 is 9.53 Å². The Labute approximate surface area is 227 Å². The number of H-pyrrole nitrogens is 1. The predicted molar refractivity (Wildman–Crippen MR) is 157 cm³/mol. The van der Waals surface area contributed by atoms with Gasteiger partial charge in [0.25, 0.3) is 5.91 Å². The number of para-hydroxylation sites is 1. The van der Waals surface area contributed by atoms with Crippen molar-refractivity contribution in [2.24, 2.45) is 0 Å². The molecule has 0 saturated heterocycles. The Bertz CT molecular complexity index is 1610. The summed E-state index contributed by atoms with van der Waals surface area (Å²) in [5.74, 6) is 0.881. The number of amides is 1. The molecule has 0 fully saturated rings. The van der Waals surface area contributed by atoms with E-state index in [0.717, 1.165) is 34.7 Å². The summed E-state index contributed by atoms with van der Waals surface area (Å²) < 4.78 is 5.41. The number of ether oxygens (including phenoxy) is 1. The molecule has 2 aromatic heterocycles. The summed E-state index contributed by atoms with van der Waals surface area (Å²) in [5.41, 5.74) is 8.37. The number of carbonyl (C=O) groups is 1. The summed E-state index contributed by atoms with van der Waals surface area (Å²) in [6.45, 7) is 0.512. The quantitative estimate of drug-likeness (QED) is 0.253. The number of rotatable bonds is 7. The van der Waals surface area contributed by atoms with E-state index in [1.807, 2.05) is 26.2 Å². The van der Waals surface area contributed by atoms with Gasteiger partial charge in [-0.3, -0.25) is 4.79 Å². The molecule has 0 saturated carbocycles. The van der Waals surface area contributed by atoms with E-state index in [-0.39, 0.29) is 11.8 Å². The zero-order valence-electron chi connectivity index (χ0n) is 21.9. The van der Waals surface area contributed by atoms with Crippen LogP contribution in [0.15, 0.2) is 79.0 Å². The predicted octanol–water partition coefficient (Wildman–Crippen LogP) is 6.63. The van der Waals surface area contributed by atoms with Gasteiger partial charge in [0.15, 0.2) is 0 Å². The molecule has 1 atom stereocenters. The summed E-state index contributed by atoms with van der Waals surface area (Å²) in [6.07, 6.45) is 3.98. The molecule has 0 aliphatic heterocycles. The third kappa shape index (κ3) is 4.45. The molecule has 5 nitrogen and oxygen atoms in total. The first-order valence-corrected chi connectivity index (χ1v) is 13.7. The Hall–Kier alpha value is -4.03. The second-order valence-electron chi connectivity index (χ2n) is 10.0. The minimum atomic E-state index is -0.0192. The van der Waals surface area contributed by atoms with Crippen LogP contribution in [0, 0.1) is 0 Å². The molecule has 192 valence electrons. The third-order valence-corrected chi connectivity index (χ3v) is 8.74. The summed E-state index contributed by atoms with van der Waals surface area (Å²) in [5, 5.41) is 4.45. The van der Waals surface area contributed by atoms with Crippen LogP contribution in [0.5, 0.6) is 5.75 Å². The van der Waals surface area contributed by atoms with Gasteiger partial charge in [-0.25, -0.2) is 0 Å². The molecule has 0 unspecified atom stereocenters. The molecular formula is C32H31N3O2S. The number of aromatic nitrogens is 1. The van der Waals surface area contributed by atoms with Gasteiger partial charge < -0.3 is 19.9 Å². The normalized spacial score (nSPS) is 13.0. The van der Waals surface area contributed by atoms with Gasteiger partial charge in [0.2, 0.25) is 0 Å². The molecule has 1 aliphatic rings. The number of thiophene rings is 1. The van der Waals surface area contributed by atoms with Gasteiger partial charge in [-0.1, -0.05) is 30.3 Å². The van der Waals surface area contributed by atoms with E-state index in [1.165, 1.54) is 38.1 Å². The number of fused-ring (bicyclic) bond motifs is 4. The fourth-order valence-electron chi connectivity index (χ4n) is 5.43. The van der Waals surface area contributed by atoms with Gasteiger partial charge in [-0.15, -0.1) is 11.3 Å². The van der Waals surface area contributed by atoms with Crippen molar-refractivity contribution in [2.45, 2.75) is 18.8 Å². The van der Waals surface area contributed by atoms with Crippen LogP contribution in [-0.4, -0.2) is 38.6 Å². The number of methoxy groups -OCH3 is 1. The molecule has 2 heterocycles. The number of aryl methyl sites for hydroxylation is 2. The molecule has 2 N–H and O–H groups in total. The topological polar surface area (TPSA) is 57.4 Å². The Morgan fingerprint density at radius 3 is 2.61 bits per heavy atom. The second-order valence-corrected chi connectivity index (χ2v) is 11.1. The number of nitrogens with one attached hydrogen (secondary N) is 2. The lowest BCUT2D eigenvalue weighted by Crippen LogP contribution is -2.28. The van der Waals surface area contributed by atoms with Crippen molar-refractivity contribution in [3.8, 4) is 16.2 Å². The standard InChI is InChI=1S/C32H31N3O2S/c1-35(2)23-12-10-20(11-13-23)27(28-19-33-29-7-5-4-6-26(28)29)18-34-32(36)30-17-22-9-8-21-16-24(37-3)14-15-25(21)31(22)38-30/h4-7,10-17,19,27,33H,8-9,18H2,1-3H3,(H,34,36)/t27-/m1/s1. The number of aromatic amines is 1.